The van der Waals surface area contributed by atoms with Crippen molar-refractivity contribution in [3.8, 4) is 0 Å². The predicted molar refractivity (Wildman–Crippen MR) is 63.4 cm³/mol. The number of rotatable bonds is 1. The summed E-state index contributed by atoms with van der Waals surface area (Å²) in [7, 11) is 8.84. The Morgan fingerprint density at radius 1 is 1.47 bits per heavy atom. The summed E-state index contributed by atoms with van der Waals surface area (Å²) in [6.07, 6.45) is 1.94. The summed E-state index contributed by atoms with van der Waals surface area (Å²) in [5.74, 6) is 0.107. The van der Waals surface area contributed by atoms with Crippen LogP contribution >= 0.6 is 21.7 Å². The average Bonchev–Trinajstić information content (AvgIpc) is 2.40. The summed E-state index contributed by atoms with van der Waals surface area (Å²) < 4.78 is 0. The van der Waals surface area contributed by atoms with Crippen LogP contribution < -0.4 is 0 Å². The van der Waals surface area contributed by atoms with E-state index in [1.165, 1.54) is 11.0 Å². The molecule has 1 aliphatic rings. The van der Waals surface area contributed by atoms with Gasteiger partial charge >= 0.3 is 0 Å². The maximum atomic E-state index is 12.0. The van der Waals surface area contributed by atoms with Crippen LogP contribution in [0.2, 0.25) is 0 Å². The molecule has 4 heteroatoms. The highest BCUT2D eigenvalue weighted by molar-refractivity contribution is 8.21. The monoisotopic (exact) mass is 241 g/mol. The third-order valence-electron chi connectivity index (χ3n) is 2.71. The minimum atomic E-state index is 0.107. The molecule has 80 valence electrons. The fraction of sp³-hybridized carbons (Fsp3) is 0.364. The van der Waals surface area contributed by atoms with Gasteiger partial charge in [-0.25, -0.2) is 0 Å². The SMILES string of the molecule is CN1CCCc2c(SCl)cccc2C1=O. The van der Waals surface area contributed by atoms with Crippen molar-refractivity contribution in [2.45, 2.75) is 17.7 Å². The number of benzene rings is 1. The molecule has 0 unspecified atom stereocenters. The second kappa shape index (κ2) is 4.45. The molecule has 0 saturated carbocycles. The largest absolute Gasteiger partial charge is 0.342 e. The van der Waals surface area contributed by atoms with Crippen LogP contribution in [-0.4, -0.2) is 24.4 Å². The average molecular weight is 242 g/mol. The molecule has 0 N–H and O–H groups in total. The number of nitrogens with zero attached hydrogens (tertiary/aromatic N) is 1. The zero-order valence-electron chi connectivity index (χ0n) is 8.50. The molecule has 0 aliphatic carbocycles. The van der Waals surface area contributed by atoms with Gasteiger partial charge in [-0.05, 0) is 52.2 Å². The van der Waals surface area contributed by atoms with Crippen molar-refractivity contribution in [1.29, 1.82) is 0 Å². The highest BCUT2D eigenvalue weighted by Crippen LogP contribution is 2.31. The number of hydrogen-bond acceptors (Lipinski definition) is 2. The summed E-state index contributed by atoms with van der Waals surface area (Å²) in [5.41, 5.74) is 1.91. The van der Waals surface area contributed by atoms with Crippen LogP contribution in [0.25, 0.3) is 0 Å². The van der Waals surface area contributed by atoms with Crippen molar-refractivity contribution in [3.63, 3.8) is 0 Å². The molecule has 0 atom stereocenters. The fourth-order valence-corrected chi connectivity index (χ4v) is 2.77. The van der Waals surface area contributed by atoms with Crippen molar-refractivity contribution < 1.29 is 4.79 Å². The minimum absolute atomic E-state index is 0.107. The summed E-state index contributed by atoms with van der Waals surface area (Å²) in [5, 5.41) is 0. The summed E-state index contributed by atoms with van der Waals surface area (Å²) in [6, 6.07) is 5.74. The molecule has 1 aliphatic heterocycles. The number of carbonyl (C=O) groups excluding carboxylic acids is 1. The quantitative estimate of drug-likeness (QED) is 0.754. The van der Waals surface area contributed by atoms with Gasteiger partial charge in [0.2, 0.25) is 0 Å². The lowest BCUT2D eigenvalue weighted by molar-refractivity contribution is 0.0800. The van der Waals surface area contributed by atoms with E-state index < -0.39 is 0 Å². The number of amides is 1. The van der Waals surface area contributed by atoms with Gasteiger partial charge in [-0.1, -0.05) is 6.07 Å². The van der Waals surface area contributed by atoms with E-state index >= 15 is 0 Å². The summed E-state index contributed by atoms with van der Waals surface area (Å²) in [4.78, 5) is 14.8. The molecule has 1 heterocycles. The number of hydrogen-bond donors (Lipinski definition) is 0. The van der Waals surface area contributed by atoms with Gasteiger partial charge in [0.15, 0.2) is 0 Å². The van der Waals surface area contributed by atoms with E-state index in [-0.39, 0.29) is 5.91 Å². The van der Waals surface area contributed by atoms with E-state index in [1.54, 1.807) is 4.90 Å². The zero-order chi connectivity index (χ0) is 10.8. The van der Waals surface area contributed by atoms with Gasteiger partial charge in [-0.15, -0.1) is 0 Å². The molecule has 0 spiro atoms. The van der Waals surface area contributed by atoms with Gasteiger partial charge in [-0.3, -0.25) is 4.79 Å². The Morgan fingerprint density at radius 3 is 3.00 bits per heavy atom. The molecule has 2 nitrogen and oxygen atoms in total. The Hall–Kier alpha value is -0.670. The fourth-order valence-electron chi connectivity index (χ4n) is 1.90. The molecule has 15 heavy (non-hydrogen) atoms. The van der Waals surface area contributed by atoms with Crippen LogP contribution in [0.15, 0.2) is 23.1 Å². The van der Waals surface area contributed by atoms with Crippen molar-refractivity contribution in [2.24, 2.45) is 0 Å². The molecule has 0 bridgehead atoms. The third kappa shape index (κ3) is 1.99. The van der Waals surface area contributed by atoms with Gasteiger partial charge in [0.05, 0.1) is 0 Å². The molecule has 0 radical (unpaired) electrons. The van der Waals surface area contributed by atoms with Crippen LogP contribution in [0.4, 0.5) is 0 Å². The second-order valence-electron chi connectivity index (χ2n) is 3.69. The first-order valence-electron chi connectivity index (χ1n) is 4.90. The van der Waals surface area contributed by atoms with Crippen LogP contribution in [-0.2, 0) is 6.42 Å². The summed E-state index contributed by atoms with van der Waals surface area (Å²) >= 11 is 0. The van der Waals surface area contributed by atoms with Crippen LogP contribution in [0.3, 0.4) is 0 Å². The lowest BCUT2D eigenvalue weighted by atomic mass is 10.0. The maximum absolute atomic E-state index is 12.0. The van der Waals surface area contributed by atoms with Crippen molar-refractivity contribution in [3.05, 3.63) is 29.3 Å². The molecule has 1 aromatic carbocycles. The lowest BCUT2D eigenvalue weighted by Gasteiger charge is -2.14. The molecule has 0 saturated heterocycles. The van der Waals surface area contributed by atoms with E-state index in [0.29, 0.717) is 0 Å². The van der Waals surface area contributed by atoms with Crippen molar-refractivity contribution in [1.82, 2.24) is 4.90 Å². The van der Waals surface area contributed by atoms with E-state index in [1.807, 2.05) is 25.2 Å². The topological polar surface area (TPSA) is 20.3 Å². The normalized spacial score (nSPS) is 16.1. The Labute approximate surface area is 98.1 Å². The van der Waals surface area contributed by atoms with E-state index in [0.717, 1.165) is 35.4 Å². The van der Waals surface area contributed by atoms with E-state index in [2.05, 4.69) is 0 Å². The highest BCUT2D eigenvalue weighted by Gasteiger charge is 2.21. The summed E-state index contributed by atoms with van der Waals surface area (Å²) in [6.45, 7) is 0.819. The van der Waals surface area contributed by atoms with Gasteiger partial charge in [0.25, 0.3) is 5.91 Å². The Kier molecular flexibility index (Phi) is 3.22. The van der Waals surface area contributed by atoms with Gasteiger partial charge in [0, 0.05) is 24.1 Å². The van der Waals surface area contributed by atoms with E-state index in [9.17, 15) is 4.79 Å². The number of fused-ring (bicyclic) bond motifs is 1. The molecule has 1 aromatic rings. The van der Waals surface area contributed by atoms with Gasteiger partial charge < -0.3 is 4.90 Å². The minimum Gasteiger partial charge on any atom is -0.342 e. The van der Waals surface area contributed by atoms with Crippen LogP contribution in [0.1, 0.15) is 22.3 Å². The smallest absolute Gasteiger partial charge is 0.253 e. The molecular weight excluding hydrogens is 230 g/mol. The highest BCUT2D eigenvalue weighted by atomic mass is 35.7. The first-order chi connectivity index (χ1) is 7.24. The zero-order valence-corrected chi connectivity index (χ0v) is 10.1. The molecular formula is C11H12ClNOS. The molecule has 0 aromatic heterocycles. The standard InChI is InChI=1S/C11H12ClNOS/c1-13-7-3-5-8-9(11(13)14)4-2-6-10(8)15-12/h2,4,6H,3,5,7H2,1H3. The van der Waals surface area contributed by atoms with Crippen molar-refractivity contribution in [2.75, 3.05) is 13.6 Å². The predicted octanol–water partition coefficient (Wildman–Crippen LogP) is 2.95. The van der Waals surface area contributed by atoms with E-state index in [4.69, 9.17) is 10.7 Å². The van der Waals surface area contributed by atoms with Crippen LogP contribution in [0, 0.1) is 0 Å². The maximum Gasteiger partial charge on any atom is 0.253 e. The van der Waals surface area contributed by atoms with Crippen LogP contribution in [0.5, 0.6) is 0 Å². The lowest BCUT2D eigenvalue weighted by Crippen LogP contribution is -2.26. The van der Waals surface area contributed by atoms with Gasteiger partial charge in [-0.2, -0.15) is 0 Å². The number of halogens is 1. The Bertz CT molecular complexity index is 394. The van der Waals surface area contributed by atoms with Crippen molar-refractivity contribution >= 4 is 27.6 Å². The Balaban J connectivity index is 2.52. The molecule has 1 amide bonds. The molecule has 2 rings (SSSR count). The first kappa shape index (κ1) is 10.8. The third-order valence-corrected chi connectivity index (χ3v) is 3.76. The number of carbonyl (C=O) groups is 1. The second-order valence-corrected chi connectivity index (χ2v) is 4.75. The molecule has 0 fully saturated rings. The van der Waals surface area contributed by atoms with Gasteiger partial charge in [0.1, 0.15) is 0 Å². The first-order valence-corrected chi connectivity index (χ1v) is 6.54. The Morgan fingerprint density at radius 2 is 2.27 bits per heavy atom.